The summed E-state index contributed by atoms with van der Waals surface area (Å²) in [5, 5.41) is 10.6. The van der Waals surface area contributed by atoms with Crippen molar-refractivity contribution in [2.75, 3.05) is 23.7 Å². The van der Waals surface area contributed by atoms with Gasteiger partial charge in [0.25, 0.3) is 5.95 Å². The Morgan fingerprint density at radius 1 is 1.19 bits per heavy atom. The van der Waals surface area contributed by atoms with E-state index in [1.807, 2.05) is 19.2 Å². The van der Waals surface area contributed by atoms with Gasteiger partial charge in [0.1, 0.15) is 0 Å². The Bertz CT molecular complexity index is 563. The fourth-order valence-corrected chi connectivity index (χ4v) is 2.34. The molecule has 2 aromatic heterocycles. The first-order chi connectivity index (χ1) is 10.3. The van der Waals surface area contributed by atoms with E-state index in [4.69, 9.17) is 0 Å². The monoisotopic (exact) mass is 287 g/mol. The molecule has 0 aromatic carbocycles. The Morgan fingerprint density at radius 3 is 2.62 bits per heavy atom. The molecule has 3 rings (SSSR count). The lowest BCUT2D eigenvalue weighted by Gasteiger charge is -2.25. The van der Waals surface area contributed by atoms with Crippen LogP contribution in [0.15, 0.2) is 18.5 Å². The van der Waals surface area contributed by atoms with Gasteiger partial charge in [-0.1, -0.05) is 19.3 Å². The number of nitrogens with one attached hydrogen (secondary N) is 2. The van der Waals surface area contributed by atoms with Crippen LogP contribution in [0.2, 0.25) is 0 Å². The summed E-state index contributed by atoms with van der Waals surface area (Å²) in [6.07, 6.45) is 8.81. The molecule has 7 nitrogen and oxygen atoms in total. The van der Waals surface area contributed by atoms with Crippen LogP contribution in [-0.4, -0.2) is 37.8 Å². The molecule has 2 N–H and O–H groups in total. The number of anilines is 2. The molecule has 1 aliphatic carbocycles. The maximum Gasteiger partial charge on any atom is 0.257 e. The smallest absolute Gasteiger partial charge is 0.257 e. The molecule has 2 heterocycles. The van der Waals surface area contributed by atoms with E-state index in [9.17, 15) is 0 Å². The van der Waals surface area contributed by atoms with E-state index in [1.165, 1.54) is 25.7 Å². The lowest BCUT2D eigenvalue weighted by Crippen LogP contribution is -2.18. The summed E-state index contributed by atoms with van der Waals surface area (Å²) in [6.45, 7) is 3.68. The fourth-order valence-electron chi connectivity index (χ4n) is 2.34. The average molecular weight is 287 g/mol. The van der Waals surface area contributed by atoms with E-state index in [2.05, 4.69) is 30.7 Å². The minimum atomic E-state index is 0.525. The minimum absolute atomic E-state index is 0.525. The first kappa shape index (κ1) is 13.8. The van der Waals surface area contributed by atoms with Gasteiger partial charge in [-0.15, -0.1) is 0 Å². The van der Waals surface area contributed by atoms with Gasteiger partial charge in [0.2, 0.25) is 11.9 Å². The Hall–Kier alpha value is -2.18. The largest absolute Gasteiger partial charge is 0.354 e. The summed E-state index contributed by atoms with van der Waals surface area (Å²) in [5.41, 5.74) is 0. The van der Waals surface area contributed by atoms with Gasteiger partial charge >= 0.3 is 0 Å². The highest BCUT2D eigenvalue weighted by atomic mass is 15.4. The Morgan fingerprint density at radius 2 is 2.00 bits per heavy atom. The van der Waals surface area contributed by atoms with Crippen LogP contribution < -0.4 is 10.6 Å². The molecular weight excluding hydrogens is 266 g/mol. The van der Waals surface area contributed by atoms with Gasteiger partial charge in [-0.05, 0) is 25.3 Å². The number of nitrogens with zero attached hydrogens (tertiary/aromatic N) is 5. The van der Waals surface area contributed by atoms with Crippen molar-refractivity contribution in [3.05, 3.63) is 18.5 Å². The van der Waals surface area contributed by atoms with Crippen molar-refractivity contribution in [1.29, 1.82) is 0 Å². The molecule has 0 saturated heterocycles. The average Bonchev–Trinajstić information content (AvgIpc) is 2.96. The summed E-state index contributed by atoms with van der Waals surface area (Å²) in [4.78, 5) is 13.2. The topological polar surface area (TPSA) is 80.5 Å². The van der Waals surface area contributed by atoms with Crippen molar-refractivity contribution in [1.82, 2.24) is 24.7 Å². The molecule has 0 spiro atoms. The van der Waals surface area contributed by atoms with Crippen LogP contribution in [0, 0.1) is 5.92 Å². The minimum Gasteiger partial charge on any atom is -0.354 e. The van der Waals surface area contributed by atoms with Gasteiger partial charge in [-0.3, -0.25) is 0 Å². The Balaban J connectivity index is 1.71. The molecule has 0 bridgehead atoms. The first-order valence-electron chi connectivity index (χ1n) is 7.59. The second-order valence-corrected chi connectivity index (χ2v) is 5.28. The Labute approximate surface area is 124 Å². The lowest BCUT2D eigenvalue weighted by atomic mass is 9.83. The summed E-state index contributed by atoms with van der Waals surface area (Å²) < 4.78 is 1.64. The van der Waals surface area contributed by atoms with Crippen LogP contribution in [0.3, 0.4) is 0 Å². The maximum absolute atomic E-state index is 4.43. The molecule has 1 aliphatic rings. The third kappa shape index (κ3) is 3.48. The third-order valence-corrected chi connectivity index (χ3v) is 3.73. The van der Waals surface area contributed by atoms with Crippen molar-refractivity contribution >= 4 is 11.9 Å². The SMILES string of the molecule is CCNc1nc(NCCC2CCC2)nc(-n2cccn2)n1. The van der Waals surface area contributed by atoms with Gasteiger partial charge < -0.3 is 10.6 Å². The van der Waals surface area contributed by atoms with Crippen LogP contribution >= 0.6 is 0 Å². The fraction of sp³-hybridized carbons (Fsp3) is 0.571. The number of hydrogen-bond donors (Lipinski definition) is 2. The van der Waals surface area contributed by atoms with Crippen LogP contribution in [0.1, 0.15) is 32.6 Å². The Kier molecular flexibility index (Phi) is 4.28. The molecule has 7 heteroatoms. The van der Waals surface area contributed by atoms with Crippen molar-refractivity contribution in [2.45, 2.75) is 32.6 Å². The van der Waals surface area contributed by atoms with Gasteiger partial charge in [0.15, 0.2) is 0 Å². The molecule has 2 aromatic rings. The van der Waals surface area contributed by atoms with E-state index in [-0.39, 0.29) is 0 Å². The van der Waals surface area contributed by atoms with Crippen LogP contribution in [0.25, 0.3) is 5.95 Å². The van der Waals surface area contributed by atoms with Crippen molar-refractivity contribution in [2.24, 2.45) is 5.92 Å². The summed E-state index contributed by atoms with van der Waals surface area (Å²) in [6, 6.07) is 1.85. The van der Waals surface area contributed by atoms with Crippen molar-refractivity contribution < 1.29 is 0 Å². The maximum atomic E-state index is 4.43. The van der Waals surface area contributed by atoms with E-state index in [0.29, 0.717) is 17.8 Å². The first-order valence-corrected chi connectivity index (χ1v) is 7.59. The summed E-state index contributed by atoms with van der Waals surface area (Å²) in [5.74, 6) is 2.57. The summed E-state index contributed by atoms with van der Waals surface area (Å²) >= 11 is 0. The molecule has 21 heavy (non-hydrogen) atoms. The van der Waals surface area contributed by atoms with Crippen LogP contribution in [0.5, 0.6) is 0 Å². The normalized spacial score (nSPS) is 14.7. The number of rotatable bonds is 7. The summed E-state index contributed by atoms with van der Waals surface area (Å²) in [7, 11) is 0. The molecule has 0 aliphatic heterocycles. The van der Waals surface area contributed by atoms with Gasteiger partial charge in [0.05, 0.1) is 0 Å². The van der Waals surface area contributed by atoms with E-state index >= 15 is 0 Å². The van der Waals surface area contributed by atoms with Crippen LogP contribution in [-0.2, 0) is 0 Å². The highest BCUT2D eigenvalue weighted by Crippen LogP contribution is 2.29. The van der Waals surface area contributed by atoms with E-state index < -0.39 is 0 Å². The molecular formula is C14H21N7. The zero-order chi connectivity index (χ0) is 14.5. The number of hydrogen-bond acceptors (Lipinski definition) is 6. The molecule has 1 fully saturated rings. The van der Waals surface area contributed by atoms with Crippen LogP contribution in [0.4, 0.5) is 11.9 Å². The molecule has 0 unspecified atom stereocenters. The standard InChI is InChI=1S/C14H21N7/c1-2-15-12-18-13(16-9-7-11-5-3-6-11)20-14(19-12)21-10-4-8-17-21/h4,8,10-11H,2-3,5-7,9H2,1H3,(H2,15,16,18,19,20). The van der Waals surface area contributed by atoms with Gasteiger partial charge in [-0.25, -0.2) is 4.68 Å². The zero-order valence-electron chi connectivity index (χ0n) is 12.3. The molecule has 0 radical (unpaired) electrons. The second-order valence-electron chi connectivity index (χ2n) is 5.28. The third-order valence-electron chi connectivity index (χ3n) is 3.73. The molecule has 112 valence electrons. The van der Waals surface area contributed by atoms with Crippen molar-refractivity contribution in [3.8, 4) is 5.95 Å². The number of aromatic nitrogens is 5. The van der Waals surface area contributed by atoms with E-state index in [1.54, 1.807) is 10.9 Å². The predicted octanol–water partition coefficient (Wildman–Crippen LogP) is 2.09. The van der Waals surface area contributed by atoms with Gasteiger partial charge in [0, 0.05) is 25.5 Å². The highest BCUT2D eigenvalue weighted by molar-refractivity contribution is 5.37. The quantitative estimate of drug-likeness (QED) is 0.811. The molecule has 0 amide bonds. The zero-order valence-corrected chi connectivity index (χ0v) is 12.3. The van der Waals surface area contributed by atoms with Gasteiger partial charge in [-0.2, -0.15) is 20.1 Å². The highest BCUT2D eigenvalue weighted by Gasteiger charge is 2.16. The van der Waals surface area contributed by atoms with Crippen molar-refractivity contribution in [3.63, 3.8) is 0 Å². The molecule has 1 saturated carbocycles. The predicted molar refractivity (Wildman–Crippen MR) is 81.6 cm³/mol. The lowest BCUT2D eigenvalue weighted by molar-refractivity contribution is 0.303. The van der Waals surface area contributed by atoms with E-state index in [0.717, 1.165) is 19.0 Å². The molecule has 0 atom stereocenters. The second kappa shape index (κ2) is 6.51.